The van der Waals surface area contributed by atoms with Crippen molar-refractivity contribution in [2.24, 2.45) is 0 Å². The van der Waals surface area contributed by atoms with Gasteiger partial charge in [0.2, 0.25) is 0 Å². The van der Waals surface area contributed by atoms with E-state index in [4.69, 9.17) is 0 Å². The van der Waals surface area contributed by atoms with Crippen LogP contribution in [0.4, 0.5) is 0 Å². The highest BCUT2D eigenvalue weighted by Crippen LogP contribution is 1.66. The molecule has 0 spiro atoms. The van der Waals surface area contributed by atoms with Gasteiger partial charge in [0.05, 0.1) is 43.9 Å². The molecule has 0 rings (SSSR count). The highest BCUT2D eigenvalue weighted by Gasteiger charge is 1.87. The SMILES string of the molecule is BBBCBBB. The standard InChI is InChI=1S/CH10B6/c2-6-4-1-5-7-3/h4-7H,1-3H2. The summed E-state index contributed by atoms with van der Waals surface area (Å²) >= 11 is 0. The largest absolute Gasteiger partial charge is 0.115 e. The number of hydrogen-bond donors (Lipinski definition) is 0. The Morgan fingerprint density at radius 3 is 1.71 bits per heavy atom. The lowest BCUT2D eigenvalue weighted by molar-refractivity contribution is 2.10. The van der Waals surface area contributed by atoms with Gasteiger partial charge in [0.15, 0.2) is 0 Å². The Labute approximate surface area is 50.9 Å². The van der Waals surface area contributed by atoms with Gasteiger partial charge in [-0.3, -0.25) is 0 Å². The maximum atomic E-state index is 2.25. The lowest BCUT2D eigenvalue weighted by Crippen LogP contribution is -2.11. The molecule has 0 nitrogen and oxygen atoms in total. The van der Waals surface area contributed by atoms with Crippen LogP contribution in [0.25, 0.3) is 0 Å². The van der Waals surface area contributed by atoms with Crippen molar-refractivity contribution in [3.63, 3.8) is 0 Å². The van der Waals surface area contributed by atoms with Crippen molar-refractivity contribution in [2.45, 2.75) is 6.22 Å². The van der Waals surface area contributed by atoms with Crippen molar-refractivity contribution in [1.82, 2.24) is 0 Å². The Morgan fingerprint density at radius 2 is 1.43 bits per heavy atom. The quantitative estimate of drug-likeness (QED) is 0.242. The zero-order valence-electron chi connectivity index (χ0n) is 5.54. The molecule has 0 amide bonds. The molecule has 0 aromatic rings. The molecule has 0 aromatic carbocycles. The van der Waals surface area contributed by atoms with E-state index >= 15 is 0 Å². The fourth-order valence-electron chi connectivity index (χ4n) is 0.677. The maximum absolute atomic E-state index is 2.25. The minimum Gasteiger partial charge on any atom is -0.115 e. The highest BCUT2D eigenvalue weighted by atomic mass is 13.1. The summed E-state index contributed by atoms with van der Waals surface area (Å²) in [6.45, 7) is 0. The van der Waals surface area contributed by atoms with Gasteiger partial charge in [-0.2, -0.15) is 0 Å². The number of hydrogen-bond acceptors (Lipinski definition) is 0. The van der Waals surface area contributed by atoms with E-state index in [1.54, 1.807) is 0 Å². The third-order valence-electron chi connectivity index (χ3n) is 1.21. The van der Waals surface area contributed by atoms with E-state index < -0.39 is 0 Å². The molecule has 0 aliphatic heterocycles. The topological polar surface area (TPSA) is 0 Å². The molecule has 0 saturated heterocycles. The average Bonchev–Trinajstić information content (AvgIpc) is 1.69. The normalized spacial score (nSPS) is 6.86. The molecular formula is CH10B6. The van der Waals surface area contributed by atoms with Crippen molar-refractivity contribution in [3.8, 4) is 0 Å². The molecule has 0 bridgehead atoms. The molecule has 7 heavy (non-hydrogen) atoms. The van der Waals surface area contributed by atoms with Gasteiger partial charge >= 0.3 is 0 Å². The Bertz CT molecular complexity index is 23.4. The van der Waals surface area contributed by atoms with E-state index in [0.717, 1.165) is 0 Å². The van der Waals surface area contributed by atoms with E-state index in [9.17, 15) is 0 Å². The average molecular weight is 87.0 g/mol. The summed E-state index contributed by atoms with van der Waals surface area (Å²) in [5.74, 6) is 0. The lowest BCUT2D eigenvalue weighted by Gasteiger charge is -1.83. The van der Waals surface area contributed by atoms with Gasteiger partial charge < -0.3 is 0 Å². The van der Waals surface area contributed by atoms with Crippen LogP contribution in [0.2, 0.25) is 6.22 Å². The fourth-order valence-corrected chi connectivity index (χ4v) is 0.677. The molecule has 0 aliphatic rings. The van der Waals surface area contributed by atoms with Gasteiger partial charge in [0.1, 0.15) is 0 Å². The molecule has 32 valence electrons. The van der Waals surface area contributed by atoms with E-state index in [-0.39, 0.29) is 0 Å². The van der Waals surface area contributed by atoms with E-state index in [1.807, 2.05) is 0 Å². The third-order valence-corrected chi connectivity index (χ3v) is 1.21. The molecule has 0 radical (unpaired) electrons. The highest BCUT2D eigenvalue weighted by molar-refractivity contribution is 7.30. The van der Waals surface area contributed by atoms with Crippen LogP contribution in [0.15, 0.2) is 0 Å². The van der Waals surface area contributed by atoms with Gasteiger partial charge in [-0.25, -0.2) is 0 Å². The van der Waals surface area contributed by atoms with Crippen molar-refractivity contribution in [3.05, 3.63) is 0 Å². The van der Waals surface area contributed by atoms with Crippen LogP contribution in [-0.4, -0.2) is 43.9 Å². The summed E-state index contributed by atoms with van der Waals surface area (Å²) in [4.78, 5) is 0. The second kappa shape index (κ2) is 6.39. The van der Waals surface area contributed by atoms with Gasteiger partial charge in [-0.15, -0.1) is 6.22 Å². The summed E-state index contributed by atoms with van der Waals surface area (Å²) in [6.07, 6.45) is 1.44. The van der Waals surface area contributed by atoms with Crippen LogP contribution in [0.3, 0.4) is 0 Å². The molecule has 0 N–H and O–H groups in total. The molecule has 0 aromatic heterocycles. The molecule has 0 heterocycles. The number of rotatable bonds is 4. The minimum atomic E-state index is 1.36. The van der Waals surface area contributed by atoms with Crippen LogP contribution in [0.5, 0.6) is 0 Å². The molecule has 0 fully saturated rings. The fraction of sp³-hybridized carbons (Fsp3) is 1.00. The summed E-state index contributed by atoms with van der Waals surface area (Å²) in [5.41, 5.74) is 0. The van der Waals surface area contributed by atoms with Crippen molar-refractivity contribution in [1.29, 1.82) is 0 Å². The first-order chi connectivity index (χ1) is 3.41. The third kappa shape index (κ3) is 6.39. The maximum Gasteiger partial charge on any atom is 0.0688 e. The van der Waals surface area contributed by atoms with Crippen LogP contribution in [0.1, 0.15) is 0 Å². The predicted octanol–water partition coefficient (Wildman–Crippen LogP) is -3.97. The Morgan fingerprint density at radius 1 is 1.00 bits per heavy atom. The second-order valence-electron chi connectivity index (χ2n) is 2.06. The van der Waals surface area contributed by atoms with Crippen LogP contribution in [-0.2, 0) is 0 Å². The Kier molecular flexibility index (Phi) is 6.75. The van der Waals surface area contributed by atoms with Crippen LogP contribution in [0, 0.1) is 0 Å². The first-order valence-electron chi connectivity index (χ1n) is 3.41. The van der Waals surface area contributed by atoms with Gasteiger partial charge in [-0.1, -0.05) is 0 Å². The van der Waals surface area contributed by atoms with Gasteiger partial charge in [0, 0.05) is 0 Å². The van der Waals surface area contributed by atoms with Crippen LogP contribution < -0.4 is 0 Å². The summed E-state index contributed by atoms with van der Waals surface area (Å²) in [7, 11) is 10.1. The Hall–Kier alpha value is 0.390. The predicted molar refractivity (Wildman–Crippen MR) is 50.5 cm³/mol. The molecule has 0 saturated carbocycles. The Balaban J connectivity index is 2.45. The summed E-state index contributed by atoms with van der Waals surface area (Å²) in [6, 6.07) is 0. The van der Waals surface area contributed by atoms with Crippen molar-refractivity contribution in [2.75, 3.05) is 0 Å². The molecule has 0 aliphatic carbocycles. The van der Waals surface area contributed by atoms with Gasteiger partial charge in [0.25, 0.3) is 0 Å². The first kappa shape index (κ1) is 7.39. The lowest BCUT2D eigenvalue weighted by atomic mass is 9.16. The van der Waals surface area contributed by atoms with Crippen molar-refractivity contribution < 1.29 is 0 Å². The van der Waals surface area contributed by atoms with Crippen LogP contribution >= 0.6 is 0 Å². The minimum absolute atomic E-state index is 1.36. The van der Waals surface area contributed by atoms with Crippen molar-refractivity contribution >= 4 is 43.9 Å². The molecule has 0 atom stereocenters. The molecule has 0 unspecified atom stereocenters. The van der Waals surface area contributed by atoms with E-state index in [0.29, 0.717) is 0 Å². The molecular weight excluding hydrogens is 76.9 g/mol. The zero-order valence-corrected chi connectivity index (χ0v) is 5.54. The smallest absolute Gasteiger partial charge is 0.0688 e. The van der Waals surface area contributed by atoms with E-state index in [2.05, 4.69) is 15.5 Å². The monoisotopic (exact) mass is 88.1 g/mol. The van der Waals surface area contributed by atoms with Gasteiger partial charge in [-0.05, 0) is 0 Å². The first-order valence-corrected chi connectivity index (χ1v) is 3.41. The van der Waals surface area contributed by atoms with E-state index in [1.165, 1.54) is 34.7 Å². The molecule has 6 heteroatoms. The second-order valence-corrected chi connectivity index (χ2v) is 2.06. The summed E-state index contributed by atoms with van der Waals surface area (Å²) in [5, 5.41) is 0. The zero-order chi connectivity index (χ0) is 5.54. The summed E-state index contributed by atoms with van der Waals surface area (Å²) < 4.78 is 0.